The molecule has 2 aliphatic rings. The Bertz CT molecular complexity index is 580. The zero-order chi connectivity index (χ0) is 13.7. The first-order valence-corrected chi connectivity index (χ1v) is 6.26. The van der Waals surface area contributed by atoms with E-state index in [1.54, 1.807) is 11.0 Å². The van der Waals surface area contributed by atoms with Crippen LogP contribution in [0.2, 0.25) is 0 Å². The molecular weight excluding hydrogens is 269 g/mol. The van der Waals surface area contributed by atoms with Crippen LogP contribution in [-0.4, -0.2) is 34.7 Å². The first kappa shape index (κ1) is 12.2. The lowest BCUT2D eigenvalue weighted by molar-refractivity contribution is 0.175. The van der Waals surface area contributed by atoms with Crippen molar-refractivity contribution in [3.8, 4) is 5.75 Å². The van der Waals surface area contributed by atoms with E-state index in [0.717, 1.165) is 0 Å². The lowest BCUT2D eigenvalue weighted by Gasteiger charge is -2.36. The molecule has 7 heteroatoms. The van der Waals surface area contributed by atoms with Gasteiger partial charge in [0, 0.05) is 6.07 Å². The SMILES string of the molecule is CC1Oc2ccc(F)cc2N2C(=S)N(C(N)=O)CC12. The van der Waals surface area contributed by atoms with E-state index in [2.05, 4.69) is 0 Å². The fourth-order valence-corrected chi connectivity index (χ4v) is 2.90. The molecule has 2 unspecified atom stereocenters. The second-order valence-electron chi connectivity index (χ2n) is 4.60. The van der Waals surface area contributed by atoms with Crippen molar-refractivity contribution in [2.45, 2.75) is 19.1 Å². The summed E-state index contributed by atoms with van der Waals surface area (Å²) in [4.78, 5) is 14.4. The van der Waals surface area contributed by atoms with Gasteiger partial charge in [0.25, 0.3) is 0 Å². The molecule has 1 saturated heterocycles. The zero-order valence-corrected chi connectivity index (χ0v) is 11.0. The van der Waals surface area contributed by atoms with Crippen LogP contribution in [0.25, 0.3) is 0 Å². The minimum Gasteiger partial charge on any atom is -0.486 e. The second kappa shape index (κ2) is 4.06. The first-order valence-electron chi connectivity index (χ1n) is 5.85. The number of hydrogen-bond donors (Lipinski definition) is 1. The van der Waals surface area contributed by atoms with Gasteiger partial charge in [-0.3, -0.25) is 4.90 Å². The highest BCUT2D eigenvalue weighted by molar-refractivity contribution is 7.80. The van der Waals surface area contributed by atoms with Crippen LogP contribution in [0.3, 0.4) is 0 Å². The monoisotopic (exact) mass is 281 g/mol. The molecule has 0 saturated carbocycles. The number of nitrogens with two attached hydrogens (primary N) is 1. The van der Waals surface area contributed by atoms with Gasteiger partial charge in [-0.1, -0.05) is 0 Å². The zero-order valence-electron chi connectivity index (χ0n) is 10.2. The van der Waals surface area contributed by atoms with E-state index in [-0.39, 0.29) is 18.0 Å². The average molecular weight is 281 g/mol. The summed E-state index contributed by atoms with van der Waals surface area (Å²) in [6.07, 6.45) is -0.166. The van der Waals surface area contributed by atoms with Crippen molar-refractivity contribution in [2.24, 2.45) is 5.73 Å². The summed E-state index contributed by atoms with van der Waals surface area (Å²) in [7, 11) is 0. The molecule has 100 valence electrons. The molecule has 19 heavy (non-hydrogen) atoms. The van der Waals surface area contributed by atoms with Crippen LogP contribution in [0.15, 0.2) is 18.2 Å². The third-order valence-electron chi connectivity index (χ3n) is 3.44. The number of rotatable bonds is 0. The Balaban J connectivity index is 2.09. The number of fused-ring (bicyclic) bond motifs is 3. The molecule has 2 heterocycles. The van der Waals surface area contributed by atoms with Gasteiger partial charge in [-0.05, 0) is 31.3 Å². The maximum Gasteiger partial charge on any atom is 0.321 e. The Morgan fingerprint density at radius 3 is 3.00 bits per heavy atom. The van der Waals surface area contributed by atoms with Crippen molar-refractivity contribution < 1.29 is 13.9 Å². The summed E-state index contributed by atoms with van der Waals surface area (Å²) in [6.45, 7) is 2.24. The Labute approximate surface area is 114 Å². The van der Waals surface area contributed by atoms with Crippen LogP contribution in [0.5, 0.6) is 5.75 Å². The molecule has 3 rings (SSSR count). The van der Waals surface area contributed by atoms with E-state index >= 15 is 0 Å². The molecule has 2 amide bonds. The molecule has 1 aromatic rings. The molecule has 0 aliphatic carbocycles. The number of hydrogen-bond acceptors (Lipinski definition) is 3. The maximum atomic E-state index is 13.4. The lowest BCUT2D eigenvalue weighted by Crippen LogP contribution is -2.47. The maximum absolute atomic E-state index is 13.4. The van der Waals surface area contributed by atoms with Gasteiger partial charge in [-0.2, -0.15) is 0 Å². The summed E-state index contributed by atoms with van der Waals surface area (Å²) in [5, 5.41) is 0.291. The van der Waals surface area contributed by atoms with Crippen molar-refractivity contribution in [3.05, 3.63) is 24.0 Å². The highest BCUT2D eigenvalue weighted by Gasteiger charge is 2.45. The van der Waals surface area contributed by atoms with Gasteiger partial charge < -0.3 is 15.4 Å². The van der Waals surface area contributed by atoms with Gasteiger partial charge >= 0.3 is 6.03 Å². The number of urea groups is 1. The quantitative estimate of drug-likeness (QED) is 0.731. The number of ether oxygens (including phenoxy) is 1. The van der Waals surface area contributed by atoms with Crippen LogP contribution < -0.4 is 15.4 Å². The second-order valence-corrected chi connectivity index (χ2v) is 4.97. The number of halogens is 1. The number of anilines is 1. The average Bonchev–Trinajstić information content (AvgIpc) is 2.69. The van der Waals surface area contributed by atoms with Gasteiger partial charge in [0.15, 0.2) is 5.11 Å². The van der Waals surface area contributed by atoms with Crippen LogP contribution in [0.1, 0.15) is 6.92 Å². The van der Waals surface area contributed by atoms with Gasteiger partial charge in [-0.25, -0.2) is 9.18 Å². The van der Waals surface area contributed by atoms with Crippen LogP contribution in [-0.2, 0) is 0 Å². The van der Waals surface area contributed by atoms with Gasteiger partial charge in [0.2, 0.25) is 0 Å². The molecule has 5 nitrogen and oxygen atoms in total. The van der Waals surface area contributed by atoms with Crippen LogP contribution in [0.4, 0.5) is 14.9 Å². The van der Waals surface area contributed by atoms with Crippen molar-refractivity contribution in [2.75, 3.05) is 11.4 Å². The standard InChI is InChI=1S/C12H12FN3O2S/c1-6-9-5-15(11(14)17)12(19)16(9)8-4-7(13)2-3-10(8)18-6/h2-4,6,9H,5H2,1H3,(H2,14,17). The number of benzene rings is 1. The number of carbonyl (C=O) groups excluding carboxylic acids is 1. The molecule has 2 aliphatic heterocycles. The van der Waals surface area contributed by atoms with E-state index < -0.39 is 6.03 Å². The predicted molar refractivity (Wildman–Crippen MR) is 71.6 cm³/mol. The number of carbonyl (C=O) groups is 1. The molecular formula is C12H12FN3O2S. The summed E-state index contributed by atoms with van der Waals surface area (Å²) >= 11 is 5.26. The molecule has 1 fully saturated rings. The van der Waals surface area contributed by atoms with E-state index in [0.29, 0.717) is 23.1 Å². The molecule has 0 bridgehead atoms. The highest BCUT2D eigenvalue weighted by Crippen LogP contribution is 2.40. The highest BCUT2D eigenvalue weighted by atomic mass is 32.1. The van der Waals surface area contributed by atoms with E-state index in [1.807, 2.05) is 6.92 Å². The fourth-order valence-electron chi connectivity index (χ4n) is 2.50. The Hall–Kier alpha value is -1.89. The third kappa shape index (κ3) is 1.73. The van der Waals surface area contributed by atoms with E-state index in [1.165, 1.54) is 17.0 Å². The minimum atomic E-state index is -0.607. The fraction of sp³-hybridized carbons (Fsp3) is 0.333. The predicted octanol–water partition coefficient (Wildman–Crippen LogP) is 1.46. The molecule has 0 spiro atoms. The van der Waals surface area contributed by atoms with E-state index in [9.17, 15) is 9.18 Å². The lowest BCUT2D eigenvalue weighted by atomic mass is 10.1. The molecule has 2 N–H and O–H groups in total. The van der Waals surface area contributed by atoms with Crippen molar-refractivity contribution in [3.63, 3.8) is 0 Å². The smallest absolute Gasteiger partial charge is 0.321 e. The number of nitrogens with zero attached hydrogens (tertiary/aromatic N) is 2. The van der Waals surface area contributed by atoms with Gasteiger partial charge in [0.1, 0.15) is 17.7 Å². The topological polar surface area (TPSA) is 58.8 Å². The van der Waals surface area contributed by atoms with Crippen LogP contribution >= 0.6 is 12.2 Å². The Morgan fingerprint density at radius 1 is 1.58 bits per heavy atom. The molecule has 0 radical (unpaired) electrons. The molecule has 1 aromatic carbocycles. The minimum absolute atomic E-state index is 0.144. The number of thiocarbonyl (C=S) groups is 1. The third-order valence-corrected chi connectivity index (χ3v) is 3.86. The number of primary amides is 1. The largest absolute Gasteiger partial charge is 0.486 e. The van der Waals surface area contributed by atoms with Gasteiger partial charge in [-0.15, -0.1) is 0 Å². The van der Waals surface area contributed by atoms with Crippen LogP contribution in [0, 0.1) is 5.82 Å². The summed E-state index contributed by atoms with van der Waals surface area (Å²) in [5.74, 6) is 0.176. The first-order chi connectivity index (χ1) is 8.99. The number of amides is 2. The summed E-state index contributed by atoms with van der Waals surface area (Å²) < 4.78 is 19.1. The molecule has 0 aromatic heterocycles. The van der Waals surface area contributed by atoms with Crippen molar-refractivity contribution in [1.82, 2.24) is 4.90 Å². The Morgan fingerprint density at radius 2 is 2.32 bits per heavy atom. The normalized spacial score (nSPS) is 24.8. The van der Waals surface area contributed by atoms with Gasteiger partial charge in [0.05, 0.1) is 18.3 Å². The van der Waals surface area contributed by atoms with Crippen molar-refractivity contribution in [1.29, 1.82) is 0 Å². The Kier molecular flexibility index (Phi) is 2.60. The van der Waals surface area contributed by atoms with E-state index in [4.69, 9.17) is 22.7 Å². The summed E-state index contributed by atoms with van der Waals surface area (Å²) in [6, 6.07) is 3.49. The molecule has 2 atom stereocenters. The summed E-state index contributed by atoms with van der Waals surface area (Å²) in [5.41, 5.74) is 5.83. The van der Waals surface area contributed by atoms with Crippen molar-refractivity contribution >= 4 is 29.0 Å².